The Kier molecular flexibility index (Phi) is 5.19. The van der Waals surface area contributed by atoms with Gasteiger partial charge in [-0.15, -0.1) is 0 Å². The number of morpholine rings is 1. The van der Waals surface area contributed by atoms with Crippen LogP contribution in [0.2, 0.25) is 0 Å². The Balaban J connectivity index is 1.33. The van der Waals surface area contributed by atoms with E-state index in [-0.39, 0.29) is 17.9 Å². The molecule has 2 aromatic heterocycles. The summed E-state index contributed by atoms with van der Waals surface area (Å²) in [5, 5.41) is 2.95. The number of ether oxygens (including phenoxy) is 1. The van der Waals surface area contributed by atoms with Gasteiger partial charge in [-0.05, 0) is 12.8 Å². The van der Waals surface area contributed by atoms with Gasteiger partial charge in [0.2, 0.25) is 5.91 Å². The first-order valence-electron chi connectivity index (χ1n) is 9.37. The molecule has 2 saturated heterocycles. The molecule has 1 N–H and O–H groups in total. The highest BCUT2D eigenvalue weighted by Crippen LogP contribution is 2.19. The maximum atomic E-state index is 12.7. The largest absolute Gasteiger partial charge is 0.378 e. The summed E-state index contributed by atoms with van der Waals surface area (Å²) in [6, 6.07) is -0.140. The number of imidazole rings is 1. The van der Waals surface area contributed by atoms with Crippen LogP contribution in [-0.4, -0.2) is 75.5 Å². The van der Waals surface area contributed by atoms with Crippen molar-refractivity contribution in [1.29, 1.82) is 0 Å². The molecular formula is C18H24N6O3. The molecule has 0 saturated carbocycles. The summed E-state index contributed by atoms with van der Waals surface area (Å²) in [5.41, 5.74) is 1.63. The number of carbonyl (C=O) groups is 2. The summed E-state index contributed by atoms with van der Waals surface area (Å²) < 4.78 is 7.21. The van der Waals surface area contributed by atoms with Crippen LogP contribution in [0.15, 0.2) is 24.8 Å². The number of hydrogen-bond donors (Lipinski definition) is 1. The third-order valence-corrected chi connectivity index (χ3v) is 5.20. The van der Waals surface area contributed by atoms with E-state index in [1.165, 1.54) is 0 Å². The monoisotopic (exact) mass is 372 g/mol. The second kappa shape index (κ2) is 7.91. The van der Waals surface area contributed by atoms with E-state index >= 15 is 0 Å². The molecule has 2 aliphatic heterocycles. The normalized spacial score (nSPS) is 20.7. The van der Waals surface area contributed by atoms with Crippen LogP contribution in [0.25, 0.3) is 5.65 Å². The van der Waals surface area contributed by atoms with Gasteiger partial charge in [-0.3, -0.25) is 14.2 Å². The van der Waals surface area contributed by atoms with E-state index in [0.29, 0.717) is 45.9 Å². The summed E-state index contributed by atoms with van der Waals surface area (Å²) in [4.78, 5) is 37.2. The summed E-state index contributed by atoms with van der Waals surface area (Å²) in [6.07, 6.45) is 8.60. The van der Waals surface area contributed by atoms with Crippen molar-refractivity contribution >= 4 is 17.6 Å². The van der Waals surface area contributed by atoms with Crippen LogP contribution in [-0.2, 0) is 16.1 Å². The second-order valence-electron chi connectivity index (χ2n) is 6.94. The van der Waals surface area contributed by atoms with Crippen LogP contribution < -0.4 is 5.32 Å². The summed E-state index contributed by atoms with van der Waals surface area (Å²) in [7, 11) is 0. The molecule has 2 aromatic rings. The van der Waals surface area contributed by atoms with Crippen molar-refractivity contribution in [2.24, 2.45) is 5.92 Å². The average Bonchev–Trinajstić information content (AvgIpc) is 3.15. The van der Waals surface area contributed by atoms with Crippen molar-refractivity contribution in [1.82, 2.24) is 29.5 Å². The molecule has 0 aliphatic carbocycles. The second-order valence-corrected chi connectivity index (χ2v) is 6.94. The Morgan fingerprint density at radius 2 is 2.04 bits per heavy atom. The lowest BCUT2D eigenvalue weighted by atomic mass is 9.96. The van der Waals surface area contributed by atoms with E-state index in [1.807, 2.05) is 15.5 Å². The lowest BCUT2D eigenvalue weighted by Gasteiger charge is -2.36. The number of rotatable bonds is 3. The minimum absolute atomic E-state index is 0.121. The molecule has 2 aliphatic rings. The summed E-state index contributed by atoms with van der Waals surface area (Å²) >= 11 is 0. The molecule has 4 heterocycles. The number of nitrogens with one attached hydrogen (secondary N) is 1. The zero-order valence-corrected chi connectivity index (χ0v) is 15.2. The van der Waals surface area contributed by atoms with Gasteiger partial charge >= 0.3 is 6.03 Å². The molecule has 9 heteroatoms. The van der Waals surface area contributed by atoms with Crippen molar-refractivity contribution in [3.63, 3.8) is 0 Å². The first-order chi connectivity index (χ1) is 13.2. The molecule has 0 radical (unpaired) electrons. The van der Waals surface area contributed by atoms with Gasteiger partial charge in [-0.1, -0.05) is 0 Å². The quantitative estimate of drug-likeness (QED) is 0.848. The van der Waals surface area contributed by atoms with Crippen LogP contribution in [0.4, 0.5) is 4.79 Å². The maximum absolute atomic E-state index is 12.7. The number of likely N-dealkylation sites (tertiary alicyclic amines) is 1. The predicted octanol–water partition coefficient (Wildman–Crippen LogP) is 0.510. The number of fused-ring (bicyclic) bond motifs is 1. The first-order valence-corrected chi connectivity index (χ1v) is 9.37. The first kappa shape index (κ1) is 17.7. The number of aromatic nitrogens is 3. The molecule has 4 rings (SSSR count). The lowest BCUT2D eigenvalue weighted by Crippen LogP contribution is -2.51. The van der Waals surface area contributed by atoms with E-state index in [4.69, 9.17) is 4.74 Å². The van der Waals surface area contributed by atoms with Gasteiger partial charge in [-0.25, -0.2) is 9.78 Å². The Morgan fingerprint density at radius 3 is 2.89 bits per heavy atom. The Hall–Kier alpha value is -2.68. The minimum Gasteiger partial charge on any atom is -0.378 e. The Bertz CT molecular complexity index is 816. The fourth-order valence-electron chi connectivity index (χ4n) is 3.71. The molecule has 27 heavy (non-hydrogen) atoms. The van der Waals surface area contributed by atoms with Crippen LogP contribution in [0, 0.1) is 5.92 Å². The highest BCUT2D eigenvalue weighted by Gasteiger charge is 2.31. The average molecular weight is 372 g/mol. The molecule has 3 amide bonds. The maximum Gasteiger partial charge on any atom is 0.317 e. The highest BCUT2D eigenvalue weighted by molar-refractivity contribution is 5.81. The van der Waals surface area contributed by atoms with Gasteiger partial charge in [-0.2, -0.15) is 0 Å². The lowest BCUT2D eigenvalue weighted by molar-refractivity contribution is -0.141. The van der Waals surface area contributed by atoms with Crippen LogP contribution >= 0.6 is 0 Å². The van der Waals surface area contributed by atoms with Crippen molar-refractivity contribution in [2.75, 3.05) is 39.4 Å². The van der Waals surface area contributed by atoms with Gasteiger partial charge in [0, 0.05) is 38.6 Å². The molecule has 0 aromatic carbocycles. The Labute approximate surface area is 157 Å². The van der Waals surface area contributed by atoms with Crippen molar-refractivity contribution < 1.29 is 14.3 Å². The molecule has 144 valence electrons. The van der Waals surface area contributed by atoms with E-state index in [0.717, 1.165) is 24.2 Å². The summed E-state index contributed by atoms with van der Waals surface area (Å²) in [5.74, 6) is 0.0227. The number of carbonyl (C=O) groups excluding carboxylic acids is 2. The number of nitrogens with zero attached hydrogens (tertiary/aromatic N) is 5. The standard InChI is InChI=1S/C18H24N6O3/c25-17(22-6-8-27-9-7-22)14-2-1-4-23(13-14)18(26)21-11-15-10-20-16-12-19-3-5-24(15)16/h3,5,10,12,14H,1-2,4,6-9,11,13H2,(H,21,26). The molecule has 1 unspecified atom stereocenters. The fraction of sp³-hybridized carbons (Fsp3) is 0.556. The third kappa shape index (κ3) is 3.87. The zero-order valence-electron chi connectivity index (χ0n) is 15.2. The highest BCUT2D eigenvalue weighted by atomic mass is 16.5. The van der Waals surface area contributed by atoms with Gasteiger partial charge < -0.3 is 19.9 Å². The van der Waals surface area contributed by atoms with Gasteiger partial charge in [0.25, 0.3) is 0 Å². The number of urea groups is 1. The topological polar surface area (TPSA) is 92.1 Å². The van der Waals surface area contributed by atoms with E-state index in [1.54, 1.807) is 23.5 Å². The van der Waals surface area contributed by atoms with Crippen molar-refractivity contribution in [3.8, 4) is 0 Å². The molecule has 9 nitrogen and oxygen atoms in total. The Morgan fingerprint density at radius 1 is 1.19 bits per heavy atom. The van der Waals surface area contributed by atoms with E-state index in [9.17, 15) is 9.59 Å². The van der Waals surface area contributed by atoms with Gasteiger partial charge in [0.05, 0.1) is 43.8 Å². The number of hydrogen-bond acceptors (Lipinski definition) is 5. The predicted molar refractivity (Wildman–Crippen MR) is 96.9 cm³/mol. The number of amides is 3. The molecule has 2 fully saturated rings. The van der Waals surface area contributed by atoms with Gasteiger partial charge in [0.15, 0.2) is 5.65 Å². The molecule has 0 spiro atoms. The van der Waals surface area contributed by atoms with E-state index in [2.05, 4.69) is 15.3 Å². The van der Waals surface area contributed by atoms with Gasteiger partial charge in [0.1, 0.15) is 0 Å². The number of piperidine rings is 1. The van der Waals surface area contributed by atoms with E-state index < -0.39 is 0 Å². The smallest absolute Gasteiger partial charge is 0.317 e. The van der Waals surface area contributed by atoms with Crippen LogP contribution in [0.3, 0.4) is 0 Å². The van der Waals surface area contributed by atoms with Crippen molar-refractivity contribution in [3.05, 3.63) is 30.5 Å². The zero-order chi connectivity index (χ0) is 18.6. The van der Waals surface area contributed by atoms with Crippen LogP contribution in [0.1, 0.15) is 18.5 Å². The molecule has 1 atom stereocenters. The molecular weight excluding hydrogens is 348 g/mol. The molecule has 0 bridgehead atoms. The summed E-state index contributed by atoms with van der Waals surface area (Å²) in [6.45, 7) is 4.00. The fourth-order valence-corrected chi connectivity index (χ4v) is 3.71. The van der Waals surface area contributed by atoms with Crippen LogP contribution in [0.5, 0.6) is 0 Å². The third-order valence-electron chi connectivity index (χ3n) is 5.20. The van der Waals surface area contributed by atoms with Crippen molar-refractivity contribution in [2.45, 2.75) is 19.4 Å². The minimum atomic E-state index is -0.140. The SMILES string of the molecule is O=C(NCc1cnc2cnccn12)N1CCCC(C(=O)N2CCOCC2)C1.